The molecule has 0 radical (unpaired) electrons. The van der Waals surface area contributed by atoms with Crippen molar-refractivity contribution < 1.29 is 44.2 Å². The summed E-state index contributed by atoms with van der Waals surface area (Å²) < 4.78 is 91.7. The molecule has 1 aliphatic heterocycles. The van der Waals surface area contributed by atoms with Gasteiger partial charge in [-0.15, -0.1) is 0 Å². The van der Waals surface area contributed by atoms with Gasteiger partial charge in [-0.25, -0.2) is 0 Å². The highest BCUT2D eigenvalue weighted by molar-refractivity contribution is 8.12. The molecule has 0 aliphatic carbocycles. The first kappa shape index (κ1) is 25.9. The van der Waals surface area contributed by atoms with Crippen LogP contribution in [0.15, 0.2) is 59.5 Å². The third-order valence-corrected chi connectivity index (χ3v) is 8.66. The molecule has 3 aromatic carbocycles. The Morgan fingerprint density at radius 2 is 1.36 bits per heavy atom. The highest BCUT2D eigenvalue weighted by atomic mass is 32.3. The summed E-state index contributed by atoms with van der Waals surface area (Å²) in [5, 5.41) is 0.348. The van der Waals surface area contributed by atoms with Crippen LogP contribution in [0.4, 0.5) is 13.2 Å². The van der Waals surface area contributed by atoms with Crippen molar-refractivity contribution in [2.45, 2.75) is 10.4 Å². The zero-order valence-electron chi connectivity index (χ0n) is 19.5. The van der Waals surface area contributed by atoms with Crippen molar-refractivity contribution in [2.75, 3.05) is 28.4 Å². The lowest BCUT2D eigenvalue weighted by atomic mass is 9.93. The van der Waals surface area contributed by atoms with Crippen molar-refractivity contribution in [1.29, 1.82) is 0 Å². The van der Waals surface area contributed by atoms with Crippen LogP contribution in [0.1, 0.15) is 11.1 Å². The van der Waals surface area contributed by atoms with E-state index in [-0.39, 0.29) is 32.4 Å². The average Bonchev–Trinajstić information content (AvgIpc) is 2.87. The maximum atomic E-state index is 13.5. The topological polar surface area (TPSA) is 80.3 Å². The van der Waals surface area contributed by atoms with E-state index in [9.17, 15) is 21.6 Å². The summed E-state index contributed by atoms with van der Waals surface area (Å²) in [7, 11) is -2.57. The molecule has 192 valence electrons. The Kier molecular flexibility index (Phi) is 6.95. The summed E-state index contributed by atoms with van der Waals surface area (Å²) in [6.07, 6.45) is 0. The van der Waals surface area contributed by atoms with E-state index in [1.165, 1.54) is 40.6 Å². The van der Waals surface area contributed by atoms with Gasteiger partial charge in [0.15, 0.2) is 0 Å². The Morgan fingerprint density at radius 1 is 0.778 bits per heavy atom. The summed E-state index contributed by atoms with van der Waals surface area (Å²) in [5.74, 6) is 0.970. The van der Waals surface area contributed by atoms with Gasteiger partial charge >= 0.3 is 15.6 Å². The average molecular weight is 543 g/mol. The molecular weight excluding hydrogens is 521 g/mol. The van der Waals surface area contributed by atoms with Crippen LogP contribution in [0, 0.1) is 4.51 Å². The molecule has 0 spiro atoms. The van der Waals surface area contributed by atoms with Crippen LogP contribution in [0.2, 0.25) is 0 Å². The Hall–Kier alpha value is -3.22. The molecule has 1 atom stereocenters. The molecule has 0 aromatic heterocycles. The number of alkyl halides is 3. The number of methoxy groups -OCH3 is 4. The van der Waals surface area contributed by atoms with Gasteiger partial charge in [0, 0.05) is 48.7 Å². The maximum Gasteiger partial charge on any atom is 0.524 e. The summed E-state index contributed by atoms with van der Waals surface area (Å²) >= 11 is 0. The fourth-order valence-electron chi connectivity index (χ4n) is 3.81. The van der Waals surface area contributed by atoms with Crippen molar-refractivity contribution in [3.05, 3.63) is 75.5 Å². The molecule has 0 bridgehead atoms. The first-order valence-corrected chi connectivity index (χ1v) is 12.8. The SMILES string of the molecule is COc1cc(OC)c2c(c1)S(OS(=O)(=O)C(F)(F)F)=c1cc(OC)cc(OC)c1=C2c1ccccc1. The van der Waals surface area contributed by atoms with Gasteiger partial charge in [-0.05, 0) is 17.7 Å². The summed E-state index contributed by atoms with van der Waals surface area (Å²) in [5.41, 5.74) is -4.05. The smallest absolute Gasteiger partial charge is 0.497 e. The van der Waals surface area contributed by atoms with Crippen LogP contribution in [0.25, 0.3) is 5.57 Å². The zero-order chi connectivity index (χ0) is 26.3. The fourth-order valence-corrected chi connectivity index (χ4v) is 6.88. The number of ether oxygens (including phenoxy) is 4. The molecule has 0 amide bonds. The molecule has 36 heavy (non-hydrogen) atoms. The molecule has 0 fully saturated rings. The largest absolute Gasteiger partial charge is 0.524 e. The quantitative estimate of drug-likeness (QED) is 0.318. The van der Waals surface area contributed by atoms with E-state index in [2.05, 4.69) is 0 Å². The van der Waals surface area contributed by atoms with Crippen molar-refractivity contribution >= 4 is 26.5 Å². The monoisotopic (exact) mass is 542 g/mol. The number of halogens is 3. The minimum atomic E-state index is -6.00. The van der Waals surface area contributed by atoms with E-state index < -0.39 is 26.4 Å². The Morgan fingerprint density at radius 3 is 1.92 bits per heavy atom. The van der Waals surface area contributed by atoms with Crippen molar-refractivity contribution in [1.82, 2.24) is 0 Å². The second-order valence-electron chi connectivity index (χ2n) is 7.38. The summed E-state index contributed by atoms with van der Waals surface area (Å²) in [4.78, 5) is 0.126. The maximum absolute atomic E-state index is 13.5. The Bertz CT molecular complexity index is 1550. The van der Waals surface area contributed by atoms with Gasteiger partial charge in [-0.1, -0.05) is 30.3 Å². The first-order chi connectivity index (χ1) is 17.1. The third-order valence-electron chi connectivity index (χ3n) is 5.39. The molecule has 0 saturated heterocycles. The van der Waals surface area contributed by atoms with Crippen LogP contribution >= 0.6 is 10.8 Å². The van der Waals surface area contributed by atoms with E-state index in [4.69, 9.17) is 22.6 Å². The summed E-state index contributed by atoms with van der Waals surface area (Å²) in [6, 6.07) is 15.0. The van der Waals surface area contributed by atoms with Crippen molar-refractivity contribution in [3.63, 3.8) is 0 Å². The third kappa shape index (κ3) is 4.40. The number of fused-ring (bicyclic) bond motifs is 2. The molecule has 4 rings (SSSR count). The Labute approximate surface area is 207 Å². The van der Waals surface area contributed by atoms with Crippen LogP contribution in [0.5, 0.6) is 23.0 Å². The standard InChI is InChI=1S/C24H21F3O7S2/c1-30-15-10-17(32-3)22-19(12-15)35(34-36(28,29)24(25,26)27)20-13-16(31-2)11-18(33-4)23(20)21(22)14-8-6-5-7-9-14/h5-13H,1-4H3. The summed E-state index contributed by atoms with van der Waals surface area (Å²) in [6.45, 7) is 0. The predicted molar refractivity (Wildman–Crippen MR) is 128 cm³/mol. The number of hydrogen-bond donors (Lipinski definition) is 0. The molecule has 1 aliphatic rings. The minimum absolute atomic E-state index is 0.126. The van der Waals surface area contributed by atoms with Crippen LogP contribution in [-0.2, 0) is 13.7 Å². The van der Waals surface area contributed by atoms with Crippen LogP contribution in [0.3, 0.4) is 0 Å². The van der Waals surface area contributed by atoms with E-state index >= 15 is 0 Å². The zero-order valence-corrected chi connectivity index (χ0v) is 21.1. The lowest BCUT2D eigenvalue weighted by Crippen LogP contribution is -2.25. The van der Waals surface area contributed by atoms with Gasteiger partial charge in [0.05, 0.1) is 28.4 Å². The molecule has 1 unspecified atom stereocenters. The number of benzene rings is 3. The molecular formula is C24H21F3O7S2. The minimum Gasteiger partial charge on any atom is -0.497 e. The van der Waals surface area contributed by atoms with Gasteiger partial charge in [-0.3, -0.25) is 0 Å². The molecule has 1 heterocycles. The second kappa shape index (κ2) is 9.68. The highest BCUT2D eigenvalue weighted by Crippen LogP contribution is 2.49. The number of rotatable bonds is 7. The van der Waals surface area contributed by atoms with Gasteiger partial charge in [0.25, 0.3) is 0 Å². The van der Waals surface area contributed by atoms with E-state index in [0.717, 1.165) is 0 Å². The van der Waals surface area contributed by atoms with Crippen molar-refractivity contribution in [3.8, 4) is 23.0 Å². The normalized spacial score (nSPS) is 15.1. The molecule has 0 N–H and O–H groups in total. The van der Waals surface area contributed by atoms with Gasteiger partial charge in [-0.2, -0.15) is 25.2 Å². The molecule has 3 aromatic rings. The van der Waals surface area contributed by atoms with Gasteiger partial charge < -0.3 is 18.9 Å². The number of hydrogen-bond acceptors (Lipinski definition) is 7. The van der Waals surface area contributed by atoms with Gasteiger partial charge in [0.1, 0.15) is 23.0 Å². The van der Waals surface area contributed by atoms with E-state index in [1.54, 1.807) is 24.3 Å². The van der Waals surface area contributed by atoms with Gasteiger partial charge in [0.2, 0.25) is 0 Å². The highest BCUT2D eigenvalue weighted by Gasteiger charge is 2.49. The lowest BCUT2D eigenvalue weighted by Gasteiger charge is -2.25. The van der Waals surface area contributed by atoms with Crippen LogP contribution in [-0.4, -0.2) is 42.4 Å². The first-order valence-electron chi connectivity index (χ1n) is 10.3. The van der Waals surface area contributed by atoms with E-state index in [1.807, 2.05) is 18.2 Å². The van der Waals surface area contributed by atoms with Crippen molar-refractivity contribution in [2.24, 2.45) is 0 Å². The predicted octanol–water partition coefficient (Wildman–Crippen LogP) is 4.64. The second-order valence-corrected chi connectivity index (χ2v) is 10.7. The van der Waals surface area contributed by atoms with E-state index in [0.29, 0.717) is 21.9 Å². The molecule has 12 heteroatoms. The Balaban J connectivity index is 2.32. The molecule has 7 nitrogen and oxygen atoms in total. The fraction of sp³-hybridized carbons (Fsp3) is 0.208. The van der Waals surface area contributed by atoms with Crippen LogP contribution < -0.4 is 24.2 Å². The molecule has 0 saturated carbocycles. The lowest BCUT2D eigenvalue weighted by molar-refractivity contribution is -0.0494.